The standard InChI is InChI=1S/C9H8F5NO2/c10-6-5(3-16)1-2-15-7(6)17-4-9(13,14)8(11)12/h1-2,8,16H,3-4H2. The molecule has 0 spiro atoms. The molecule has 0 aliphatic carbocycles. The minimum absolute atomic E-state index is 0.227. The lowest BCUT2D eigenvalue weighted by Crippen LogP contribution is -2.34. The first-order valence-electron chi connectivity index (χ1n) is 4.41. The van der Waals surface area contributed by atoms with E-state index in [1.165, 1.54) is 0 Å². The SMILES string of the molecule is OCc1ccnc(OCC(F)(F)C(F)F)c1F. The normalized spacial score (nSPS) is 11.9. The van der Waals surface area contributed by atoms with Gasteiger partial charge in [0.25, 0.3) is 5.88 Å². The topological polar surface area (TPSA) is 42.4 Å². The van der Waals surface area contributed by atoms with Crippen molar-refractivity contribution in [1.82, 2.24) is 4.98 Å². The first kappa shape index (κ1) is 13.6. The van der Waals surface area contributed by atoms with Crippen LogP contribution in [0, 0.1) is 5.82 Å². The molecule has 0 radical (unpaired) electrons. The number of hydrogen-bond donors (Lipinski definition) is 1. The monoisotopic (exact) mass is 257 g/mol. The fourth-order valence-corrected chi connectivity index (χ4v) is 0.912. The van der Waals surface area contributed by atoms with Crippen molar-refractivity contribution in [3.8, 4) is 5.88 Å². The third-order valence-corrected chi connectivity index (χ3v) is 1.83. The zero-order valence-corrected chi connectivity index (χ0v) is 8.34. The van der Waals surface area contributed by atoms with Crippen molar-refractivity contribution >= 4 is 0 Å². The van der Waals surface area contributed by atoms with Gasteiger partial charge in [0.1, 0.15) is 0 Å². The Hall–Kier alpha value is -1.44. The Morgan fingerprint density at radius 2 is 2.06 bits per heavy atom. The number of rotatable bonds is 5. The second kappa shape index (κ2) is 5.26. The molecule has 3 nitrogen and oxygen atoms in total. The van der Waals surface area contributed by atoms with E-state index in [-0.39, 0.29) is 5.56 Å². The van der Waals surface area contributed by atoms with Crippen LogP contribution in [0.25, 0.3) is 0 Å². The summed E-state index contributed by atoms with van der Waals surface area (Å²) in [7, 11) is 0. The van der Waals surface area contributed by atoms with Crippen LogP contribution in [0.2, 0.25) is 0 Å². The number of aliphatic hydroxyl groups excluding tert-OH is 1. The molecule has 0 atom stereocenters. The molecule has 0 aliphatic rings. The lowest BCUT2D eigenvalue weighted by atomic mass is 10.2. The minimum atomic E-state index is -4.39. The molecule has 17 heavy (non-hydrogen) atoms. The smallest absolute Gasteiger partial charge is 0.340 e. The number of pyridine rings is 1. The third-order valence-electron chi connectivity index (χ3n) is 1.83. The van der Waals surface area contributed by atoms with Crippen LogP contribution in [-0.2, 0) is 6.61 Å². The predicted molar refractivity (Wildman–Crippen MR) is 46.6 cm³/mol. The zero-order chi connectivity index (χ0) is 13.1. The van der Waals surface area contributed by atoms with Crippen molar-refractivity contribution < 1.29 is 31.8 Å². The largest absolute Gasteiger partial charge is 0.469 e. The van der Waals surface area contributed by atoms with Gasteiger partial charge in [-0.25, -0.2) is 18.2 Å². The highest BCUT2D eigenvalue weighted by Gasteiger charge is 2.42. The van der Waals surface area contributed by atoms with E-state index in [0.29, 0.717) is 0 Å². The maximum atomic E-state index is 13.3. The first-order valence-corrected chi connectivity index (χ1v) is 4.41. The molecule has 0 saturated heterocycles. The average molecular weight is 257 g/mol. The zero-order valence-electron chi connectivity index (χ0n) is 8.34. The van der Waals surface area contributed by atoms with Gasteiger partial charge in [-0.15, -0.1) is 0 Å². The van der Waals surface area contributed by atoms with Gasteiger partial charge in [-0.2, -0.15) is 8.78 Å². The summed E-state index contributed by atoms with van der Waals surface area (Å²) in [5.74, 6) is -6.39. The van der Waals surface area contributed by atoms with Crippen molar-refractivity contribution in [2.24, 2.45) is 0 Å². The van der Waals surface area contributed by atoms with Crippen molar-refractivity contribution in [3.63, 3.8) is 0 Å². The Morgan fingerprint density at radius 3 is 2.59 bits per heavy atom. The van der Waals surface area contributed by atoms with Crippen LogP contribution in [0.3, 0.4) is 0 Å². The minimum Gasteiger partial charge on any atom is -0.469 e. The van der Waals surface area contributed by atoms with Gasteiger partial charge in [0, 0.05) is 11.8 Å². The van der Waals surface area contributed by atoms with E-state index in [9.17, 15) is 22.0 Å². The summed E-state index contributed by atoms with van der Waals surface area (Å²) >= 11 is 0. The van der Waals surface area contributed by atoms with Gasteiger partial charge in [0.15, 0.2) is 12.4 Å². The van der Waals surface area contributed by atoms with Gasteiger partial charge in [0.2, 0.25) is 0 Å². The fraction of sp³-hybridized carbons (Fsp3) is 0.444. The van der Waals surface area contributed by atoms with E-state index in [1.807, 2.05) is 0 Å². The van der Waals surface area contributed by atoms with Crippen LogP contribution in [0.1, 0.15) is 5.56 Å². The number of alkyl halides is 4. The van der Waals surface area contributed by atoms with Crippen molar-refractivity contribution in [2.45, 2.75) is 19.0 Å². The molecule has 1 rings (SSSR count). The van der Waals surface area contributed by atoms with Crippen molar-refractivity contribution in [2.75, 3.05) is 6.61 Å². The summed E-state index contributed by atoms with van der Waals surface area (Å²) in [6, 6.07) is 1.10. The summed E-state index contributed by atoms with van der Waals surface area (Å²) < 4.78 is 65.9. The molecular formula is C9H8F5NO2. The molecule has 0 aliphatic heterocycles. The summed E-state index contributed by atoms with van der Waals surface area (Å²) in [4.78, 5) is 3.26. The number of nitrogens with zero attached hydrogens (tertiary/aromatic N) is 1. The summed E-state index contributed by atoms with van der Waals surface area (Å²) in [6.07, 6.45) is -2.91. The van der Waals surface area contributed by atoms with E-state index >= 15 is 0 Å². The third kappa shape index (κ3) is 3.26. The highest BCUT2D eigenvalue weighted by Crippen LogP contribution is 2.25. The van der Waals surface area contributed by atoms with Gasteiger partial charge in [-0.3, -0.25) is 0 Å². The van der Waals surface area contributed by atoms with Crippen LogP contribution in [-0.4, -0.2) is 29.0 Å². The molecule has 8 heteroatoms. The Kier molecular flexibility index (Phi) is 4.22. The average Bonchev–Trinajstić information content (AvgIpc) is 2.27. The molecule has 1 heterocycles. The highest BCUT2D eigenvalue weighted by atomic mass is 19.3. The molecule has 0 amide bonds. The van der Waals surface area contributed by atoms with Crippen LogP contribution in [0.4, 0.5) is 22.0 Å². The van der Waals surface area contributed by atoms with Gasteiger partial charge in [-0.1, -0.05) is 0 Å². The van der Waals surface area contributed by atoms with Crippen molar-refractivity contribution in [1.29, 1.82) is 0 Å². The number of aliphatic hydroxyl groups is 1. The Morgan fingerprint density at radius 1 is 1.41 bits per heavy atom. The second-order valence-corrected chi connectivity index (χ2v) is 3.10. The van der Waals surface area contributed by atoms with Crippen LogP contribution < -0.4 is 4.74 Å². The molecule has 0 aromatic carbocycles. The predicted octanol–water partition coefficient (Wildman–Crippen LogP) is 1.99. The van der Waals surface area contributed by atoms with Crippen molar-refractivity contribution in [3.05, 3.63) is 23.6 Å². The number of halogens is 5. The Labute approximate surface area is 92.8 Å². The van der Waals surface area contributed by atoms with E-state index in [2.05, 4.69) is 9.72 Å². The highest BCUT2D eigenvalue weighted by molar-refractivity contribution is 5.22. The van der Waals surface area contributed by atoms with Gasteiger partial charge in [-0.05, 0) is 6.07 Å². The van der Waals surface area contributed by atoms with E-state index < -0.39 is 37.3 Å². The Balaban J connectivity index is 2.76. The first-order chi connectivity index (χ1) is 7.88. The molecule has 1 aromatic heterocycles. The quantitative estimate of drug-likeness (QED) is 0.820. The van der Waals surface area contributed by atoms with E-state index in [4.69, 9.17) is 5.11 Å². The van der Waals surface area contributed by atoms with Gasteiger partial charge in [0.05, 0.1) is 6.61 Å². The summed E-state index contributed by atoms with van der Waals surface area (Å²) in [5, 5.41) is 8.67. The van der Waals surface area contributed by atoms with Crippen LogP contribution in [0.15, 0.2) is 12.3 Å². The maximum absolute atomic E-state index is 13.3. The number of hydrogen-bond acceptors (Lipinski definition) is 3. The van der Waals surface area contributed by atoms with Crippen LogP contribution >= 0.6 is 0 Å². The van der Waals surface area contributed by atoms with Crippen LogP contribution in [0.5, 0.6) is 5.88 Å². The number of aromatic nitrogens is 1. The Bertz CT molecular complexity index is 386. The summed E-state index contributed by atoms with van der Waals surface area (Å²) in [6.45, 7) is -2.38. The van der Waals surface area contributed by atoms with E-state index in [0.717, 1.165) is 12.3 Å². The molecule has 0 bridgehead atoms. The fourth-order valence-electron chi connectivity index (χ4n) is 0.912. The van der Waals surface area contributed by atoms with Gasteiger partial charge >= 0.3 is 12.3 Å². The molecule has 0 saturated carbocycles. The lowest BCUT2D eigenvalue weighted by Gasteiger charge is -2.15. The molecule has 96 valence electrons. The molecule has 1 aromatic rings. The lowest BCUT2D eigenvalue weighted by molar-refractivity contribution is -0.149. The summed E-state index contributed by atoms with van der Waals surface area (Å²) in [5.41, 5.74) is -0.227. The number of ether oxygens (including phenoxy) is 1. The van der Waals surface area contributed by atoms with E-state index in [1.54, 1.807) is 0 Å². The second-order valence-electron chi connectivity index (χ2n) is 3.10. The maximum Gasteiger partial charge on any atom is 0.340 e. The molecule has 0 fully saturated rings. The molecule has 1 N–H and O–H groups in total. The molecule has 0 unspecified atom stereocenters. The molecular weight excluding hydrogens is 249 g/mol. The van der Waals surface area contributed by atoms with Gasteiger partial charge < -0.3 is 9.84 Å².